The molecule has 5 rings (SSSR count). The van der Waals surface area contributed by atoms with E-state index < -0.39 is 8.32 Å². The zero-order valence-corrected chi connectivity index (χ0v) is 19.7. The monoisotopic (exact) mass is 432 g/mol. The molecule has 2 fully saturated rings. The molecule has 0 bridgehead atoms. The normalized spacial score (nSPS) is 30.0. The second kappa shape index (κ2) is 7.46. The number of hydrogen-bond acceptors (Lipinski definition) is 3. The Morgan fingerprint density at radius 2 is 1.61 bits per heavy atom. The molecule has 0 aromatic heterocycles. The fourth-order valence-electron chi connectivity index (χ4n) is 6.41. The van der Waals surface area contributed by atoms with Gasteiger partial charge in [-0.05, 0) is 34.7 Å². The van der Waals surface area contributed by atoms with Crippen LogP contribution in [0.15, 0.2) is 72.8 Å². The van der Waals surface area contributed by atoms with Crippen LogP contribution in [0, 0.1) is 17.3 Å². The van der Waals surface area contributed by atoms with Gasteiger partial charge in [0.05, 0.1) is 18.1 Å². The second-order valence-corrected chi connectivity index (χ2v) is 14.6. The third-order valence-corrected chi connectivity index (χ3v) is 12.9. The van der Waals surface area contributed by atoms with Crippen LogP contribution in [0.25, 0.3) is 0 Å². The molecule has 1 saturated carbocycles. The van der Waals surface area contributed by atoms with Crippen LogP contribution in [-0.2, 0) is 14.0 Å². The third-order valence-electron chi connectivity index (χ3n) is 7.87. The Bertz CT molecular complexity index is 939. The summed E-state index contributed by atoms with van der Waals surface area (Å²) in [5, 5.41) is 2.51. The summed E-state index contributed by atoms with van der Waals surface area (Å²) in [7, 11) is -2.65. The minimum absolute atomic E-state index is 0.000368. The van der Waals surface area contributed by atoms with E-state index in [1.165, 1.54) is 10.4 Å². The summed E-state index contributed by atoms with van der Waals surface area (Å²) in [5.74, 6) is 0.394. The summed E-state index contributed by atoms with van der Waals surface area (Å²) in [4.78, 5) is 13.0. The fourth-order valence-corrected chi connectivity index (χ4v) is 11.1. The molecule has 31 heavy (non-hydrogen) atoms. The van der Waals surface area contributed by atoms with Gasteiger partial charge in [0.25, 0.3) is 8.32 Å². The van der Waals surface area contributed by atoms with Crippen LogP contribution >= 0.6 is 0 Å². The molecule has 1 aliphatic heterocycles. The van der Waals surface area contributed by atoms with E-state index in [1.807, 2.05) is 0 Å². The van der Waals surface area contributed by atoms with E-state index >= 15 is 0 Å². The zero-order valence-electron chi connectivity index (χ0n) is 18.7. The number of cyclic esters (lactones) is 1. The first-order chi connectivity index (χ1) is 14.9. The predicted octanol–water partition coefficient (Wildman–Crippen LogP) is 4.46. The van der Waals surface area contributed by atoms with E-state index in [0.29, 0.717) is 12.5 Å². The first-order valence-corrected chi connectivity index (χ1v) is 13.4. The highest BCUT2D eigenvalue weighted by molar-refractivity contribution is 6.99. The average Bonchev–Trinajstić information content (AvgIpc) is 3.32. The summed E-state index contributed by atoms with van der Waals surface area (Å²) < 4.78 is 13.0. The van der Waals surface area contributed by atoms with Crippen molar-refractivity contribution < 1.29 is 14.0 Å². The highest BCUT2D eigenvalue weighted by Crippen LogP contribution is 2.58. The van der Waals surface area contributed by atoms with Crippen LogP contribution in [0.4, 0.5) is 0 Å². The van der Waals surface area contributed by atoms with Gasteiger partial charge < -0.3 is 9.16 Å². The molecule has 0 N–H and O–H groups in total. The van der Waals surface area contributed by atoms with Gasteiger partial charge in [-0.15, -0.1) is 0 Å². The Morgan fingerprint density at radius 1 is 1.00 bits per heavy atom. The van der Waals surface area contributed by atoms with Crippen molar-refractivity contribution in [1.82, 2.24) is 0 Å². The molecule has 3 nitrogen and oxygen atoms in total. The molecule has 1 saturated heterocycles. The highest BCUT2D eigenvalue weighted by Gasteiger charge is 2.64. The second-order valence-electron chi connectivity index (χ2n) is 10.4. The van der Waals surface area contributed by atoms with E-state index in [-0.39, 0.29) is 28.4 Å². The summed E-state index contributed by atoms with van der Waals surface area (Å²) in [6.07, 6.45) is 7.26. The van der Waals surface area contributed by atoms with Crippen molar-refractivity contribution in [3.8, 4) is 0 Å². The van der Waals surface area contributed by atoms with Crippen LogP contribution in [0.1, 0.15) is 40.0 Å². The molecule has 4 atom stereocenters. The molecule has 1 spiro atoms. The van der Waals surface area contributed by atoms with Crippen molar-refractivity contribution in [3.05, 3.63) is 72.8 Å². The maximum absolute atomic E-state index is 13.0. The molecule has 0 amide bonds. The number of allylic oxidation sites excluding steroid dienone is 1. The smallest absolute Gasteiger partial charge is 0.313 e. The van der Waals surface area contributed by atoms with Gasteiger partial charge in [-0.1, -0.05) is 93.6 Å². The van der Waals surface area contributed by atoms with Crippen LogP contribution in [0.3, 0.4) is 0 Å². The molecular formula is C27H32O3Si. The number of esters is 1. The van der Waals surface area contributed by atoms with Gasteiger partial charge in [0.1, 0.15) is 0 Å². The maximum atomic E-state index is 13.0. The third kappa shape index (κ3) is 2.99. The van der Waals surface area contributed by atoms with Crippen molar-refractivity contribution in [3.63, 3.8) is 0 Å². The Morgan fingerprint density at radius 3 is 2.19 bits per heavy atom. The van der Waals surface area contributed by atoms with E-state index in [1.54, 1.807) is 0 Å². The van der Waals surface area contributed by atoms with Gasteiger partial charge in [-0.25, -0.2) is 0 Å². The Kier molecular flexibility index (Phi) is 4.98. The van der Waals surface area contributed by atoms with Gasteiger partial charge in [-0.2, -0.15) is 0 Å². The van der Waals surface area contributed by atoms with Gasteiger partial charge >= 0.3 is 5.97 Å². The Hall–Kier alpha value is -2.17. The first-order valence-electron chi connectivity index (χ1n) is 11.5. The van der Waals surface area contributed by atoms with Crippen molar-refractivity contribution in [2.75, 3.05) is 6.61 Å². The molecular weight excluding hydrogens is 400 g/mol. The van der Waals surface area contributed by atoms with Crippen molar-refractivity contribution in [2.24, 2.45) is 17.3 Å². The topological polar surface area (TPSA) is 35.5 Å². The fraction of sp³-hybridized carbons (Fsp3) is 0.444. The lowest BCUT2D eigenvalue weighted by molar-refractivity contribution is -0.148. The van der Waals surface area contributed by atoms with Crippen LogP contribution in [-0.4, -0.2) is 27.0 Å². The summed E-state index contributed by atoms with van der Waals surface area (Å²) in [6, 6.07) is 21.6. The van der Waals surface area contributed by atoms with Gasteiger partial charge in [0, 0.05) is 11.8 Å². The van der Waals surface area contributed by atoms with Gasteiger partial charge in [0.15, 0.2) is 0 Å². The lowest BCUT2D eigenvalue weighted by Crippen LogP contribution is -2.68. The minimum atomic E-state index is -2.65. The minimum Gasteiger partial charge on any atom is -0.465 e. The highest BCUT2D eigenvalue weighted by atomic mass is 28.4. The SMILES string of the molecule is CC(C)(C)[Si](OC1CC[C@]23C(=O)OC[C@H]2CC=CC13)(c1ccccc1)c1ccccc1. The molecule has 4 heteroatoms. The van der Waals surface area contributed by atoms with Crippen molar-refractivity contribution in [2.45, 2.75) is 51.2 Å². The summed E-state index contributed by atoms with van der Waals surface area (Å²) in [6.45, 7) is 7.50. The largest absolute Gasteiger partial charge is 0.465 e. The molecule has 2 unspecified atom stereocenters. The molecule has 3 aliphatic rings. The summed E-state index contributed by atoms with van der Waals surface area (Å²) >= 11 is 0. The van der Waals surface area contributed by atoms with Crippen LogP contribution < -0.4 is 10.4 Å². The molecule has 2 aromatic rings. The Labute approximate surface area is 186 Å². The Balaban J connectivity index is 1.63. The average molecular weight is 433 g/mol. The zero-order chi connectivity index (χ0) is 21.7. The maximum Gasteiger partial charge on any atom is 0.313 e. The number of hydrogen-bond donors (Lipinski definition) is 0. The van der Waals surface area contributed by atoms with Crippen molar-refractivity contribution in [1.29, 1.82) is 0 Å². The molecule has 2 aromatic carbocycles. The summed E-state index contributed by atoms with van der Waals surface area (Å²) in [5.41, 5.74) is -0.384. The van der Waals surface area contributed by atoms with Crippen LogP contribution in [0.2, 0.25) is 5.04 Å². The standard InChI is InChI=1S/C27H32O3Si/c1-26(2,3)31(21-12-6-4-7-13-21,22-14-8-5-9-15-22)30-24-17-18-27-20(19-29-25(27)28)11-10-16-23(24)27/h4-10,12-16,20,23-24H,11,17-19H2,1-3H3/t20-,23?,24?,27+/m1/s1. The number of carbonyl (C=O) groups is 1. The number of rotatable bonds is 4. The van der Waals surface area contributed by atoms with E-state index in [4.69, 9.17) is 9.16 Å². The van der Waals surface area contributed by atoms with E-state index in [0.717, 1.165) is 19.3 Å². The quantitative estimate of drug-likeness (QED) is 0.406. The molecule has 162 valence electrons. The number of benzene rings is 2. The molecule has 1 heterocycles. The van der Waals surface area contributed by atoms with Gasteiger partial charge in [0.2, 0.25) is 0 Å². The van der Waals surface area contributed by atoms with E-state index in [9.17, 15) is 4.79 Å². The van der Waals surface area contributed by atoms with Crippen molar-refractivity contribution >= 4 is 24.7 Å². The molecule has 2 aliphatic carbocycles. The first kappa shape index (κ1) is 20.7. The number of carbonyl (C=O) groups excluding carboxylic acids is 1. The lowest BCUT2D eigenvalue weighted by atomic mass is 9.65. The number of ether oxygens (including phenoxy) is 1. The molecule has 0 radical (unpaired) electrons. The predicted molar refractivity (Wildman–Crippen MR) is 126 cm³/mol. The lowest BCUT2D eigenvalue weighted by Gasteiger charge is -2.46. The van der Waals surface area contributed by atoms with E-state index in [2.05, 4.69) is 93.6 Å². The van der Waals surface area contributed by atoms with Gasteiger partial charge in [-0.3, -0.25) is 4.79 Å². The van der Waals surface area contributed by atoms with Crippen LogP contribution in [0.5, 0.6) is 0 Å².